The van der Waals surface area contributed by atoms with E-state index in [1.165, 1.54) is 11.3 Å². The maximum atomic E-state index is 14.6. The van der Waals surface area contributed by atoms with E-state index in [9.17, 15) is 14.9 Å². The highest BCUT2D eigenvalue weighted by Gasteiger charge is 2.36. The molecule has 4 aromatic carbocycles. The molecule has 0 unspecified atom stereocenters. The molecule has 2 heterocycles. The fourth-order valence-corrected chi connectivity index (χ4v) is 7.10. The second kappa shape index (κ2) is 12.4. The summed E-state index contributed by atoms with van der Waals surface area (Å²) in [5.74, 6) is 0.910. The SMILES string of the molecule is CCN(CC)C(=O)C1=C(C)N=c2s/c(=C/c3c(OCC#N)ccc4ccccc34)c(=O)n2[C@H]1c1c(OC)ccc2ccccc12. The number of likely N-dealkylation sites (N-methyl/N-ethyl adjacent to an activating group) is 1. The number of benzene rings is 4. The molecule has 1 atom stereocenters. The molecule has 8 nitrogen and oxygen atoms in total. The van der Waals surface area contributed by atoms with E-state index in [2.05, 4.69) is 0 Å². The number of carbonyl (C=O) groups excluding carboxylic acids is 1. The number of hydrogen-bond donors (Lipinski definition) is 0. The minimum atomic E-state index is -0.778. The van der Waals surface area contributed by atoms with Crippen molar-refractivity contribution in [2.75, 3.05) is 26.8 Å². The van der Waals surface area contributed by atoms with Crippen LogP contribution in [0, 0.1) is 11.3 Å². The molecule has 0 fully saturated rings. The van der Waals surface area contributed by atoms with Gasteiger partial charge in [-0.1, -0.05) is 72.0 Å². The van der Waals surface area contributed by atoms with Crippen molar-refractivity contribution in [1.29, 1.82) is 5.26 Å². The molecule has 0 spiro atoms. The van der Waals surface area contributed by atoms with Gasteiger partial charge in [0.1, 0.15) is 23.6 Å². The molecule has 1 aliphatic rings. The zero-order chi connectivity index (χ0) is 31.7. The molecule has 0 bridgehead atoms. The van der Waals surface area contributed by atoms with Crippen LogP contribution in [0.3, 0.4) is 0 Å². The summed E-state index contributed by atoms with van der Waals surface area (Å²) in [5.41, 5.74) is 2.15. The van der Waals surface area contributed by atoms with Gasteiger partial charge in [0, 0.05) is 24.2 Å². The minimum absolute atomic E-state index is 0.128. The first-order chi connectivity index (χ1) is 21.9. The predicted molar refractivity (Wildman–Crippen MR) is 177 cm³/mol. The molecule has 1 aliphatic heterocycles. The maximum Gasteiger partial charge on any atom is 0.271 e. The smallest absolute Gasteiger partial charge is 0.271 e. The van der Waals surface area contributed by atoms with Crippen LogP contribution in [0.2, 0.25) is 0 Å². The first kappa shape index (κ1) is 29.9. The van der Waals surface area contributed by atoms with Gasteiger partial charge in [-0.3, -0.25) is 14.2 Å². The molecule has 0 aliphatic carbocycles. The third-order valence-corrected chi connectivity index (χ3v) is 9.21. The van der Waals surface area contributed by atoms with Crippen LogP contribution in [-0.2, 0) is 4.79 Å². The molecule has 0 saturated carbocycles. The number of amides is 1. The van der Waals surface area contributed by atoms with E-state index < -0.39 is 6.04 Å². The Balaban J connectivity index is 1.68. The molecule has 9 heteroatoms. The fraction of sp³-hybridized carbons (Fsp3) is 0.222. The largest absolute Gasteiger partial charge is 0.496 e. The standard InChI is InChI=1S/C36H32N4O4S/c1-5-39(6-2)35(42)31-22(3)38-36-40(33(31)32-26-14-10-8-12-24(26)16-18-29(32)43-4)34(41)30(45-36)21-27-25-13-9-7-11-23(25)15-17-28(27)44-20-19-37/h7-18,21,33H,5-6,20H2,1-4H3/b30-21+/t33-/m1/s1. The molecule has 0 saturated heterocycles. The Kier molecular flexibility index (Phi) is 8.24. The number of hydrogen-bond acceptors (Lipinski definition) is 7. The van der Waals surface area contributed by atoms with Crippen LogP contribution >= 0.6 is 11.3 Å². The van der Waals surface area contributed by atoms with Gasteiger partial charge in [0.25, 0.3) is 11.5 Å². The number of nitriles is 1. The zero-order valence-corrected chi connectivity index (χ0v) is 26.4. The van der Waals surface area contributed by atoms with E-state index in [4.69, 9.17) is 14.5 Å². The molecule has 1 amide bonds. The zero-order valence-electron chi connectivity index (χ0n) is 25.5. The fourth-order valence-electron chi connectivity index (χ4n) is 6.08. The second-order valence-corrected chi connectivity index (χ2v) is 11.6. The van der Waals surface area contributed by atoms with E-state index >= 15 is 0 Å². The van der Waals surface area contributed by atoms with Gasteiger partial charge in [0.2, 0.25) is 0 Å². The van der Waals surface area contributed by atoms with Gasteiger partial charge in [-0.15, -0.1) is 0 Å². The number of methoxy groups -OCH3 is 1. The molecule has 6 rings (SSSR count). The van der Waals surface area contributed by atoms with Crippen molar-refractivity contribution in [3.05, 3.63) is 115 Å². The monoisotopic (exact) mass is 616 g/mol. The lowest BCUT2D eigenvalue weighted by atomic mass is 9.90. The third-order valence-electron chi connectivity index (χ3n) is 8.23. The summed E-state index contributed by atoms with van der Waals surface area (Å²) in [6.45, 7) is 6.62. The Morgan fingerprint density at radius 2 is 1.64 bits per heavy atom. The van der Waals surface area contributed by atoms with Crippen LogP contribution in [0.25, 0.3) is 27.6 Å². The lowest BCUT2D eigenvalue weighted by Crippen LogP contribution is -2.43. The molecule has 0 radical (unpaired) electrons. The van der Waals surface area contributed by atoms with Crippen molar-refractivity contribution in [1.82, 2.24) is 9.47 Å². The number of rotatable bonds is 8. The van der Waals surface area contributed by atoms with Crippen molar-refractivity contribution in [2.24, 2.45) is 4.99 Å². The molecular formula is C36H32N4O4S. The van der Waals surface area contributed by atoms with Gasteiger partial charge in [-0.05, 0) is 60.5 Å². The quantitative estimate of drug-likeness (QED) is 0.235. The Bertz CT molecular complexity index is 2220. The lowest BCUT2D eigenvalue weighted by Gasteiger charge is -2.30. The van der Waals surface area contributed by atoms with Crippen LogP contribution in [0.5, 0.6) is 11.5 Å². The first-order valence-corrected chi connectivity index (χ1v) is 15.6. The maximum absolute atomic E-state index is 14.6. The number of thiazole rings is 1. The molecule has 45 heavy (non-hydrogen) atoms. The van der Waals surface area contributed by atoms with Crippen molar-refractivity contribution < 1.29 is 14.3 Å². The van der Waals surface area contributed by atoms with Gasteiger partial charge >= 0.3 is 0 Å². The van der Waals surface area contributed by atoms with Crippen molar-refractivity contribution in [2.45, 2.75) is 26.8 Å². The lowest BCUT2D eigenvalue weighted by molar-refractivity contribution is -0.127. The molecule has 0 N–H and O–H groups in total. The van der Waals surface area contributed by atoms with Crippen LogP contribution in [0.1, 0.15) is 37.9 Å². The second-order valence-electron chi connectivity index (χ2n) is 10.6. The minimum Gasteiger partial charge on any atom is -0.496 e. The Morgan fingerprint density at radius 1 is 1.00 bits per heavy atom. The Hall–Kier alpha value is -5.20. The van der Waals surface area contributed by atoms with Gasteiger partial charge < -0.3 is 14.4 Å². The summed E-state index contributed by atoms with van der Waals surface area (Å²) in [6.07, 6.45) is 1.81. The summed E-state index contributed by atoms with van der Waals surface area (Å²) in [5, 5.41) is 12.9. The van der Waals surface area contributed by atoms with Crippen LogP contribution in [-0.4, -0.2) is 42.2 Å². The average Bonchev–Trinajstić information content (AvgIpc) is 3.37. The number of allylic oxidation sites excluding steroid dienone is 1. The van der Waals surface area contributed by atoms with Gasteiger partial charge in [-0.25, -0.2) is 4.99 Å². The van der Waals surface area contributed by atoms with E-state index in [0.717, 1.165) is 27.1 Å². The van der Waals surface area contributed by atoms with Crippen molar-refractivity contribution >= 4 is 44.9 Å². The van der Waals surface area contributed by atoms with Gasteiger partial charge in [0.05, 0.1) is 22.9 Å². The topological polar surface area (TPSA) is 96.9 Å². The van der Waals surface area contributed by atoms with E-state index in [1.807, 2.05) is 106 Å². The van der Waals surface area contributed by atoms with Crippen molar-refractivity contribution in [3.8, 4) is 17.6 Å². The van der Waals surface area contributed by atoms with E-state index in [0.29, 0.717) is 50.8 Å². The normalized spacial score (nSPS) is 14.6. The number of ether oxygens (including phenoxy) is 2. The Morgan fingerprint density at radius 3 is 2.31 bits per heavy atom. The number of fused-ring (bicyclic) bond motifs is 3. The van der Waals surface area contributed by atoms with Crippen LogP contribution < -0.4 is 24.4 Å². The Labute approximate surface area is 264 Å². The highest BCUT2D eigenvalue weighted by atomic mass is 32.1. The summed E-state index contributed by atoms with van der Waals surface area (Å²) >= 11 is 1.26. The number of nitrogens with zero attached hydrogens (tertiary/aromatic N) is 4. The average molecular weight is 617 g/mol. The summed E-state index contributed by atoms with van der Waals surface area (Å²) in [7, 11) is 1.60. The number of aromatic nitrogens is 1. The molecule has 5 aromatic rings. The molecule has 1 aromatic heterocycles. The van der Waals surface area contributed by atoms with Crippen LogP contribution in [0.15, 0.2) is 93.9 Å². The van der Waals surface area contributed by atoms with E-state index in [-0.39, 0.29) is 18.1 Å². The highest BCUT2D eigenvalue weighted by Crippen LogP contribution is 2.40. The summed E-state index contributed by atoms with van der Waals surface area (Å²) in [4.78, 5) is 35.9. The molecule has 226 valence electrons. The third kappa shape index (κ3) is 5.17. The van der Waals surface area contributed by atoms with Gasteiger partial charge in [-0.2, -0.15) is 5.26 Å². The van der Waals surface area contributed by atoms with Gasteiger partial charge in [0.15, 0.2) is 11.4 Å². The van der Waals surface area contributed by atoms with Crippen LogP contribution in [0.4, 0.5) is 0 Å². The molecular weight excluding hydrogens is 584 g/mol. The predicted octanol–water partition coefficient (Wildman–Crippen LogP) is 5.32. The van der Waals surface area contributed by atoms with E-state index in [1.54, 1.807) is 16.6 Å². The van der Waals surface area contributed by atoms with Crippen molar-refractivity contribution in [3.63, 3.8) is 0 Å². The highest BCUT2D eigenvalue weighted by molar-refractivity contribution is 7.07. The first-order valence-electron chi connectivity index (χ1n) is 14.8. The number of carbonyl (C=O) groups is 1. The summed E-state index contributed by atoms with van der Waals surface area (Å²) in [6, 6.07) is 24.6. The summed E-state index contributed by atoms with van der Waals surface area (Å²) < 4.78 is 13.8.